The van der Waals surface area contributed by atoms with Crippen molar-refractivity contribution in [3.05, 3.63) is 68.9 Å². The van der Waals surface area contributed by atoms with Crippen LogP contribution in [0.15, 0.2) is 46.9 Å². The van der Waals surface area contributed by atoms with Gasteiger partial charge >= 0.3 is 0 Å². The zero-order chi connectivity index (χ0) is 13.1. The Balaban J connectivity index is 2.13. The quantitative estimate of drug-likeness (QED) is 0.569. The lowest BCUT2D eigenvalue weighted by Gasteiger charge is -2.11. The number of hydrogen-bond donors (Lipinski definition) is 0. The molecule has 0 aliphatic rings. The second-order valence-electron chi connectivity index (χ2n) is 3.97. The van der Waals surface area contributed by atoms with Crippen LogP contribution in [0.25, 0.3) is 0 Å². The van der Waals surface area contributed by atoms with Crippen LogP contribution in [0, 0.1) is 5.82 Å². The summed E-state index contributed by atoms with van der Waals surface area (Å²) in [5.74, 6) is -0.380. The van der Waals surface area contributed by atoms with Crippen molar-refractivity contribution in [3.8, 4) is 0 Å². The van der Waals surface area contributed by atoms with Gasteiger partial charge in [-0.2, -0.15) is 0 Å². The Labute approximate surface area is 127 Å². The Morgan fingerprint density at radius 3 is 2.39 bits per heavy atom. The zero-order valence-electron chi connectivity index (χ0n) is 9.34. The van der Waals surface area contributed by atoms with Gasteiger partial charge in [-0.1, -0.05) is 61.7 Å². The van der Waals surface area contributed by atoms with Gasteiger partial charge in [0.1, 0.15) is 5.82 Å². The van der Waals surface area contributed by atoms with Crippen molar-refractivity contribution < 1.29 is 4.39 Å². The van der Waals surface area contributed by atoms with Crippen LogP contribution in [0.5, 0.6) is 0 Å². The molecule has 0 spiro atoms. The Hall–Kier alpha value is -0.380. The number of alkyl halides is 1. The Bertz CT molecular complexity index is 540. The summed E-state index contributed by atoms with van der Waals surface area (Å²) in [4.78, 5) is 0.0745. The van der Waals surface area contributed by atoms with Gasteiger partial charge in [-0.05, 0) is 41.8 Å². The van der Waals surface area contributed by atoms with E-state index in [-0.39, 0.29) is 15.7 Å². The predicted molar refractivity (Wildman–Crippen MR) is 80.9 cm³/mol. The van der Waals surface area contributed by atoms with Crippen LogP contribution in [-0.4, -0.2) is 0 Å². The van der Waals surface area contributed by atoms with Crippen LogP contribution in [0.1, 0.15) is 16.0 Å². The highest BCUT2D eigenvalue weighted by Gasteiger charge is 2.10. The predicted octanol–water partition coefficient (Wildman–Crippen LogP) is 5.92. The standard InChI is InChI=1S/C14H10Br2ClF/c15-11-4-1-9(2-5-11)7-12(16)10-3-6-13(17)14(18)8-10/h1-6,8,12H,7H2. The fourth-order valence-electron chi connectivity index (χ4n) is 1.65. The number of rotatable bonds is 3. The minimum absolute atomic E-state index is 0.0745. The van der Waals surface area contributed by atoms with Crippen molar-refractivity contribution in [2.75, 3.05) is 0 Å². The van der Waals surface area contributed by atoms with Crippen LogP contribution in [-0.2, 0) is 6.42 Å². The molecule has 0 bridgehead atoms. The molecule has 18 heavy (non-hydrogen) atoms. The second kappa shape index (κ2) is 6.18. The van der Waals surface area contributed by atoms with Crippen LogP contribution in [0.2, 0.25) is 5.02 Å². The molecule has 0 N–H and O–H groups in total. The highest BCUT2D eigenvalue weighted by Crippen LogP contribution is 2.29. The first-order valence-electron chi connectivity index (χ1n) is 5.40. The van der Waals surface area contributed by atoms with E-state index in [9.17, 15) is 4.39 Å². The Morgan fingerprint density at radius 2 is 1.78 bits per heavy atom. The van der Waals surface area contributed by atoms with E-state index in [1.165, 1.54) is 11.6 Å². The lowest BCUT2D eigenvalue weighted by molar-refractivity contribution is 0.625. The molecule has 0 radical (unpaired) electrons. The van der Waals surface area contributed by atoms with E-state index in [1.807, 2.05) is 30.3 Å². The van der Waals surface area contributed by atoms with Crippen LogP contribution in [0.3, 0.4) is 0 Å². The fraction of sp³-hybridized carbons (Fsp3) is 0.143. The molecule has 0 amide bonds. The molecule has 0 aliphatic heterocycles. The van der Waals surface area contributed by atoms with E-state index in [0.29, 0.717) is 0 Å². The summed E-state index contributed by atoms with van der Waals surface area (Å²) in [7, 11) is 0. The number of hydrogen-bond acceptors (Lipinski definition) is 0. The molecule has 2 rings (SSSR count). The first-order chi connectivity index (χ1) is 8.56. The Morgan fingerprint density at radius 1 is 1.11 bits per heavy atom. The molecule has 1 unspecified atom stereocenters. The molecule has 0 saturated carbocycles. The lowest BCUT2D eigenvalue weighted by Crippen LogP contribution is -1.96. The third kappa shape index (κ3) is 3.56. The molecule has 1 atom stereocenters. The number of benzene rings is 2. The summed E-state index contributed by atoms with van der Waals surface area (Å²) >= 11 is 12.6. The van der Waals surface area contributed by atoms with Gasteiger partial charge < -0.3 is 0 Å². The largest absolute Gasteiger partial charge is 0.205 e. The monoisotopic (exact) mass is 390 g/mol. The third-order valence-corrected chi connectivity index (χ3v) is 4.32. The van der Waals surface area contributed by atoms with Crippen molar-refractivity contribution in [2.45, 2.75) is 11.2 Å². The van der Waals surface area contributed by atoms with Gasteiger partial charge in [-0.15, -0.1) is 0 Å². The summed E-state index contributed by atoms with van der Waals surface area (Å²) < 4.78 is 14.4. The van der Waals surface area contributed by atoms with E-state index in [0.717, 1.165) is 16.5 Å². The van der Waals surface area contributed by atoms with Crippen molar-refractivity contribution in [2.24, 2.45) is 0 Å². The zero-order valence-corrected chi connectivity index (χ0v) is 13.3. The molecule has 0 nitrogen and oxygen atoms in total. The minimum Gasteiger partial charge on any atom is -0.205 e. The Kier molecular flexibility index (Phi) is 4.82. The van der Waals surface area contributed by atoms with E-state index in [4.69, 9.17) is 11.6 Å². The third-order valence-electron chi connectivity index (χ3n) is 2.63. The molecule has 0 saturated heterocycles. The average Bonchev–Trinajstić information content (AvgIpc) is 2.35. The second-order valence-corrected chi connectivity index (χ2v) is 6.40. The van der Waals surface area contributed by atoms with Crippen molar-refractivity contribution in [3.63, 3.8) is 0 Å². The topological polar surface area (TPSA) is 0 Å². The summed E-state index contributed by atoms with van der Waals surface area (Å²) in [6.45, 7) is 0. The van der Waals surface area contributed by atoms with E-state index in [1.54, 1.807) is 6.07 Å². The molecule has 94 valence electrons. The van der Waals surface area contributed by atoms with Crippen LogP contribution in [0.4, 0.5) is 4.39 Å². The molecule has 0 aromatic heterocycles. The molecule has 4 heteroatoms. The first-order valence-corrected chi connectivity index (χ1v) is 7.48. The van der Waals surface area contributed by atoms with Gasteiger partial charge in [-0.25, -0.2) is 4.39 Å². The van der Waals surface area contributed by atoms with Gasteiger partial charge in [0.2, 0.25) is 0 Å². The van der Waals surface area contributed by atoms with Gasteiger partial charge in [0.05, 0.1) is 5.02 Å². The van der Waals surface area contributed by atoms with Gasteiger partial charge in [-0.3, -0.25) is 0 Å². The number of halogens is 4. The molecule has 0 heterocycles. The van der Waals surface area contributed by atoms with Crippen LogP contribution >= 0.6 is 43.5 Å². The van der Waals surface area contributed by atoms with E-state index >= 15 is 0 Å². The maximum Gasteiger partial charge on any atom is 0.142 e. The fourth-order valence-corrected chi connectivity index (χ4v) is 2.69. The van der Waals surface area contributed by atoms with Gasteiger partial charge in [0.25, 0.3) is 0 Å². The smallest absolute Gasteiger partial charge is 0.142 e. The maximum atomic E-state index is 13.4. The van der Waals surface area contributed by atoms with Crippen molar-refractivity contribution in [1.82, 2.24) is 0 Å². The van der Waals surface area contributed by atoms with E-state index in [2.05, 4.69) is 31.9 Å². The normalized spacial score (nSPS) is 12.4. The highest BCUT2D eigenvalue weighted by atomic mass is 79.9. The summed E-state index contributed by atoms with van der Waals surface area (Å²) in [5, 5.41) is 0.155. The van der Waals surface area contributed by atoms with Gasteiger partial charge in [0, 0.05) is 9.30 Å². The summed E-state index contributed by atoms with van der Waals surface area (Å²) in [6, 6.07) is 13.0. The van der Waals surface area contributed by atoms with Crippen molar-refractivity contribution >= 4 is 43.5 Å². The van der Waals surface area contributed by atoms with Crippen molar-refractivity contribution in [1.29, 1.82) is 0 Å². The van der Waals surface area contributed by atoms with Crippen LogP contribution < -0.4 is 0 Å². The molecular formula is C14H10Br2ClF. The lowest BCUT2D eigenvalue weighted by atomic mass is 10.0. The molecule has 2 aromatic rings. The molecule has 2 aromatic carbocycles. The summed E-state index contributed by atoms with van der Waals surface area (Å²) in [6.07, 6.45) is 0.800. The minimum atomic E-state index is -0.380. The van der Waals surface area contributed by atoms with Gasteiger partial charge in [0.15, 0.2) is 0 Å². The maximum absolute atomic E-state index is 13.4. The average molecular weight is 392 g/mol. The molecular weight excluding hydrogens is 382 g/mol. The highest BCUT2D eigenvalue weighted by molar-refractivity contribution is 9.10. The summed E-state index contributed by atoms with van der Waals surface area (Å²) in [5.41, 5.74) is 2.08. The molecule has 0 aliphatic carbocycles. The first kappa shape index (κ1) is 14.0. The van der Waals surface area contributed by atoms with E-state index < -0.39 is 0 Å². The SMILES string of the molecule is Fc1cc(C(Br)Cc2ccc(Br)cc2)ccc1Cl. The molecule has 0 fully saturated rings.